The van der Waals surface area contributed by atoms with Gasteiger partial charge in [-0.1, -0.05) is 51.0 Å². The third-order valence-corrected chi connectivity index (χ3v) is 8.23. The normalized spacial score (nSPS) is 30.8. The topological polar surface area (TPSA) is 40.6 Å². The van der Waals surface area contributed by atoms with Gasteiger partial charge in [-0.05, 0) is 61.7 Å². The molecule has 31 heavy (non-hydrogen) atoms. The first kappa shape index (κ1) is 19.3. The molecule has 6 rings (SSSR count). The molecule has 2 amide bonds. The van der Waals surface area contributed by atoms with Crippen molar-refractivity contribution >= 4 is 11.8 Å². The van der Waals surface area contributed by atoms with Crippen molar-refractivity contribution in [2.45, 2.75) is 83.5 Å². The predicted octanol–water partition coefficient (Wildman–Crippen LogP) is 5.86. The number of carbonyl (C=O) groups excluding carboxylic acids is 2. The minimum Gasteiger partial charge on any atom is -0.287 e. The smallest absolute Gasteiger partial charge is 0.265 e. The van der Waals surface area contributed by atoms with Crippen LogP contribution in [0.1, 0.15) is 83.5 Å². The van der Waals surface area contributed by atoms with E-state index in [1.54, 1.807) is 4.90 Å². The van der Waals surface area contributed by atoms with Gasteiger partial charge in [0.1, 0.15) is 0 Å². The van der Waals surface area contributed by atoms with Crippen LogP contribution in [0.5, 0.6) is 0 Å². The summed E-state index contributed by atoms with van der Waals surface area (Å²) in [5.74, 6) is 0.788. The Labute approximate surface area is 185 Å². The van der Waals surface area contributed by atoms with Gasteiger partial charge in [0, 0.05) is 24.0 Å². The van der Waals surface area contributed by atoms with Gasteiger partial charge in [-0.2, -0.15) is 0 Å². The summed E-state index contributed by atoms with van der Waals surface area (Å²) in [6.07, 6.45) is 23.7. The second-order valence-electron chi connectivity index (χ2n) is 10.0. The predicted molar refractivity (Wildman–Crippen MR) is 120 cm³/mol. The molecule has 162 valence electrons. The van der Waals surface area contributed by atoms with Crippen LogP contribution in [-0.4, -0.2) is 21.6 Å². The highest BCUT2D eigenvalue weighted by atomic mass is 16.2. The number of allylic oxidation sites excluding steroid dienone is 5. The first-order valence-electron chi connectivity index (χ1n) is 12.5. The minimum absolute atomic E-state index is 0.0228. The molecular formula is C27H32N2O2. The lowest BCUT2D eigenvalue weighted by molar-refractivity contribution is -0.123. The Morgan fingerprint density at radius 1 is 0.710 bits per heavy atom. The van der Waals surface area contributed by atoms with E-state index in [4.69, 9.17) is 0 Å². The average Bonchev–Trinajstić information content (AvgIpc) is 3.25. The molecule has 1 fully saturated rings. The highest BCUT2D eigenvalue weighted by Crippen LogP contribution is 2.51. The van der Waals surface area contributed by atoms with Crippen molar-refractivity contribution in [1.82, 2.24) is 9.80 Å². The minimum atomic E-state index is 0.0228. The molecular weight excluding hydrogens is 384 g/mol. The van der Waals surface area contributed by atoms with Crippen molar-refractivity contribution in [3.63, 3.8) is 0 Å². The summed E-state index contributed by atoms with van der Waals surface area (Å²) >= 11 is 0. The molecule has 4 heterocycles. The highest BCUT2D eigenvalue weighted by molar-refractivity contribution is 6.21. The van der Waals surface area contributed by atoms with E-state index < -0.39 is 0 Å². The summed E-state index contributed by atoms with van der Waals surface area (Å²) in [7, 11) is 0. The van der Waals surface area contributed by atoms with Gasteiger partial charge in [-0.25, -0.2) is 0 Å². The first-order chi connectivity index (χ1) is 15.3. The third kappa shape index (κ3) is 2.94. The number of hydrogen-bond acceptors (Lipinski definition) is 2. The maximum atomic E-state index is 13.7. The molecule has 0 N–H and O–H groups in total. The zero-order valence-corrected chi connectivity index (χ0v) is 18.4. The Kier molecular flexibility index (Phi) is 4.77. The molecule has 0 spiro atoms. The summed E-state index contributed by atoms with van der Waals surface area (Å²) in [4.78, 5) is 31.0. The molecule has 0 radical (unpaired) electrons. The molecule has 0 bridgehead atoms. The summed E-state index contributed by atoms with van der Waals surface area (Å²) in [6, 6.07) is 0. The standard InChI is InChI=1S/C27H32N2O2/c30-26-22-23(25-21-13-9-5-4-7-11-19(21)15-17-29(25)26)27(31)28-16-14-18-10-6-2-1-3-8-12-20(18)24(22)28/h14-18,20H,1-13H2. The molecule has 0 aromatic carbocycles. The van der Waals surface area contributed by atoms with Gasteiger partial charge in [0.2, 0.25) is 0 Å². The maximum absolute atomic E-state index is 13.7. The number of hydrogen-bond donors (Lipinski definition) is 0. The quantitative estimate of drug-likeness (QED) is 0.496. The van der Waals surface area contributed by atoms with Crippen molar-refractivity contribution in [3.8, 4) is 0 Å². The zero-order valence-electron chi connectivity index (χ0n) is 18.4. The molecule has 2 aliphatic carbocycles. The molecule has 2 atom stereocenters. The van der Waals surface area contributed by atoms with Crippen LogP contribution in [-0.2, 0) is 9.59 Å². The summed E-state index contributed by atoms with van der Waals surface area (Å²) in [5, 5.41) is 0. The molecule has 0 aromatic heterocycles. The van der Waals surface area contributed by atoms with E-state index >= 15 is 0 Å². The van der Waals surface area contributed by atoms with Gasteiger partial charge in [0.25, 0.3) is 11.8 Å². The van der Waals surface area contributed by atoms with Crippen LogP contribution in [0.3, 0.4) is 0 Å². The monoisotopic (exact) mass is 416 g/mol. The van der Waals surface area contributed by atoms with Crippen molar-refractivity contribution in [2.75, 3.05) is 0 Å². The molecule has 0 saturated heterocycles. The Morgan fingerprint density at radius 3 is 2.29 bits per heavy atom. The van der Waals surface area contributed by atoms with Crippen LogP contribution in [0.15, 0.2) is 58.2 Å². The van der Waals surface area contributed by atoms with Gasteiger partial charge in [-0.3, -0.25) is 19.4 Å². The van der Waals surface area contributed by atoms with E-state index in [1.165, 1.54) is 68.9 Å². The summed E-state index contributed by atoms with van der Waals surface area (Å²) in [5.41, 5.74) is 5.94. The maximum Gasteiger partial charge on any atom is 0.265 e. The lowest BCUT2D eigenvalue weighted by Gasteiger charge is -2.35. The molecule has 4 heteroatoms. The van der Waals surface area contributed by atoms with Crippen LogP contribution in [0, 0.1) is 11.8 Å². The fraction of sp³-hybridized carbons (Fsp3) is 0.556. The molecule has 6 aliphatic rings. The molecule has 4 nitrogen and oxygen atoms in total. The van der Waals surface area contributed by atoms with E-state index in [1.807, 2.05) is 17.3 Å². The van der Waals surface area contributed by atoms with E-state index in [2.05, 4.69) is 12.2 Å². The molecule has 1 saturated carbocycles. The second-order valence-corrected chi connectivity index (χ2v) is 10.0. The molecule has 4 aliphatic heterocycles. The Morgan fingerprint density at radius 2 is 1.42 bits per heavy atom. The Balaban J connectivity index is 1.50. The summed E-state index contributed by atoms with van der Waals surface area (Å²) in [6.45, 7) is 0. The SMILES string of the molecule is O=C1C2=C3C4CCCCCCCC4C=CN3C(=O)C2=C2C3=C(C=CN12)CCCCCC3. The van der Waals surface area contributed by atoms with Crippen molar-refractivity contribution in [3.05, 3.63) is 58.2 Å². The molecule has 2 unspecified atom stereocenters. The Bertz CT molecular complexity index is 993. The van der Waals surface area contributed by atoms with Gasteiger partial charge in [-0.15, -0.1) is 0 Å². The van der Waals surface area contributed by atoms with E-state index in [0.717, 1.165) is 42.7 Å². The third-order valence-electron chi connectivity index (χ3n) is 8.23. The number of fused-ring (bicyclic) bond motifs is 6. The zero-order chi connectivity index (χ0) is 20.9. The van der Waals surface area contributed by atoms with Crippen LogP contribution >= 0.6 is 0 Å². The van der Waals surface area contributed by atoms with Gasteiger partial charge in [0.15, 0.2) is 0 Å². The number of nitrogens with zero attached hydrogens (tertiary/aromatic N) is 2. The first-order valence-corrected chi connectivity index (χ1v) is 12.5. The number of amides is 2. The largest absolute Gasteiger partial charge is 0.287 e. The van der Waals surface area contributed by atoms with Crippen LogP contribution in [0.25, 0.3) is 0 Å². The van der Waals surface area contributed by atoms with Gasteiger partial charge in [0.05, 0.1) is 16.8 Å². The van der Waals surface area contributed by atoms with Gasteiger partial charge >= 0.3 is 0 Å². The van der Waals surface area contributed by atoms with Crippen LogP contribution in [0.2, 0.25) is 0 Å². The van der Waals surface area contributed by atoms with E-state index in [0.29, 0.717) is 17.4 Å². The number of carbonyl (C=O) groups is 2. The lowest BCUT2D eigenvalue weighted by Crippen LogP contribution is -2.34. The van der Waals surface area contributed by atoms with Crippen LogP contribution in [0.4, 0.5) is 0 Å². The highest BCUT2D eigenvalue weighted by Gasteiger charge is 2.51. The second kappa shape index (κ2) is 7.65. The Hall–Kier alpha value is -2.36. The molecule has 0 aromatic rings. The average molecular weight is 417 g/mol. The van der Waals surface area contributed by atoms with Gasteiger partial charge < -0.3 is 0 Å². The van der Waals surface area contributed by atoms with Crippen molar-refractivity contribution in [1.29, 1.82) is 0 Å². The van der Waals surface area contributed by atoms with Crippen molar-refractivity contribution in [2.24, 2.45) is 11.8 Å². The fourth-order valence-corrected chi connectivity index (χ4v) is 6.67. The lowest BCUT2D eigenvalue weighted by atomic mass is 9.79. The fourth-order valence-electron chi connectivity index (χ4n) is 6.67. The van der Waals surface area contributed by atoms with E-state index in [-0.39, 0.29) is 11.8 Å². The van der Waals surface area contributed by atoms with Crippen LogP contribution < -0.4 is 0 Å². The van der Waals surface area contributed by atoms with E-state index in [9.17, 15) is 9.59 Å². The number of rotatable bonds is 0. The van der Waals surface area contributed by atoms with Crippen molar-refractivity contribution < 1.29 is 9.59 Å². The summed E-state index contributed by atoms with van der Waals surface area (Å²) < 4.78 is 0.